The van der Waals surface area contributed by atoms with Crippen molar-refractivity contribution in [2.24, 2.45) is 0 Å². The highest BCUT2D eigenvalue weighted by Crippen LogP contribution is 2.17. The molecule has 1 aliphatic heterocycles. The lowest BCUT2D eigenvalue weighted by atomic mass is 10.2. The lowest BCUT2D eigenvalue weighted by Crippen LogP contribution is -2.40. The fourth-order valence-electron chi connectivity index (χ4n) is 1.80. The van der Waals surface area contributed by atoms with Crippen LogP contribution in [0.2, 0.25) is 5.02 Å². The molecule has 0 radical (unpaired) electrons. The zero-order chi connectivity index (χ0) is 14.0. The van der Waals surface area contributed by atoms with Crippen molar-refractivity contribution < 1.29 is 18.0 Å². The number of nitrogens with zero attached hydrogens (tertiary/aromatic N) is 1. The fraction of sp³-hybridized carbons (Fsp3) is 0.273. The van der Waals surface area contributed by atoms with Crippen molar-refractivity contribution in [2.45, 2.75) is 6.04 Å². The molecule has 2 rings (SSSR count). The molecule has 0 saturated carbocycles. The van der Waals surface area contributed by atoms with Gasteiger partial charge in [-0.15, -0.1) is 0 Å². The first-order valence-corrected chi connectivity index (χ1v) is 7.59. The number of rotatable bonds is 3. The molecule has 1 aliphatic rings. The number of sulfone groups is 1. The molecule has 1 atom stereocenters. The average Bonchev–Trinajstić information content (AvgIpc) is 2.68. The van der Waals surface area contributed by atoms with Crippen LogP contribution >= 0.6 is 11.6 Å². The molecule has 1 heterocycles. The first-order chi connectivity index (χ1) is 8.91. The molecule has 1 N–H and O–H groups in total. The van der Waals surface area contributed by atoms with Crippen molar-refractivity contribution in [2.75, 3.05) is 16.9 Å². The Morgan fingerprint density at radius 1 is 1.37 bits per heavy atom. The summed E-state index contributed by atoms with van der Waals surface area (Å²) < 4.78 is 22.8. The van der Waals surface area contributed by atoms with Gasteiger partial charge >= 0.3 is 0 Å². The SMILES string of the molecule is O=CN1CS(=O)(=O)CC1C(=O)Nc1ccc(Cl)cc1. The van der Waals surface area contributed by atoms with Crippen molar-refractivity contribution in [1.29, 1.82) is 0 Å². The van der Waals surface area contributed by atoms with Crippen LogP contribution in [-0.2, 0) is 19.4 Å². The minimum absolute atomic E-state index is 0.356. The number of hydrogen-bond acceptors (Lipinski definition) is 4. The van der Waals surface area contributed by atoms with Crippen LogP contribution in [0.15, 0.2) is 24.3 Å². The van der Waals surface area contributed by atoms with Gasteiger partial charge in [0.25, 0.3) is 0 Å². The third kappa shape index (κ3) is 3.24. The molecule has 8 heteroatoms. The summed E-state index contributed by atoms with van der Waals surface area (Å²) in [4.78, 5) is 23.7. The first kappa shape index (κ1) is 13.8. The molecule has 2 amide bonds. The standard InChI is InChI=1S/C11H11ClN2O4S/c12-8-1-3-9(4-2-8)13-11(16)10-5-19(17,18)7-14(10)6-15/h1-4,6,10H,5,7H2,(H,13,16). The topological polar surface area (TPSA) is 83.6 Å². The van der Waals surface area contributed by atoms with E-state index in [1.54, 1.807) is 24.3 Å². The van der Waals surface area contributed by atoms with E-state index in [0.29, 0.717) is 17.1 Å². The van der Waals surface area contributed by atoms with Crippen molar-refractivity contribution in [3.05, 3.63) is 29.3 Å². The second kappa shape index (κ2) is 5.18. The summed E-state index contributed by atoms with van der Waals surface area (Å²) in [5, 5.41) is 3.07. The van der Waals surface area contributed by atoms with Gasteiger partial charge in [-0.2, -0.15) is 0 Å². The maximum Gasteiger partial charge on any atom is 0.248 e. The normalized spacial score (nSPS) is 21.1. The highest BCUT2D eigenvalue weighted by atomic mass is 35.5. The number of amides is 2. The molecule has 19 heavy (non-hydrogen) atoms. The third-order valence-electron chi connectivity index (χ3n) is 2.71. The monoisotopic (exact) mass is 302 g/mol. The Hall–Kier alpha value is -1.60. The van der Waals surface area contributed by atoms with Crippen molar-refractivity contribution in [3.63, 3.8) is 0 Å². The minimum atomic E-state index is -3.39. The number of carbonyl (C=O) groups excluding carboxylic acids is 2. The molecule has 1 fully saturated rings. The average molecular weight is 303 g/mol. The first-order valence-electron chi connectivity index (χ1n) is 5.39. The van der Waals surface area contributed by atoms with Crippen LogP contribution < -0.4 is 5.32 Å². The lowest BCUT2D eigenvalue weighted by molar-refractivity contribution is -0.127. The summed E-state index contributed by atoms with van der Waals surface area (Å²) in [6.45, 7) is 0. The van der Waals surface area contributed by atoms with Gasteiger partial charge in [-0.05, 0) is 24.3 Å². The molecule has 0 bridgehead atoms. The smallest absolute Gasteiger partial charge is 0.248 e. The van der Waals surface area contributed by atoms with E-state index >= 15 is 0 Å². The Bertz CT molecular complexity index is 600. The van der Waals surface area contributed by atoms with Gasteiger partial charge < -0.3 is 10.2 Å². The molecule has 0 aromatic heterocycles. The fourth-order valence-corrected chi connectivity index (χ4v) is 3.55. The summed E-state index contributed by atoms with van der Waals surface area (Å²) in [5.41, 5.74) is 0.490. The minimum Gasteiger partial charge on any atom is -0.324 e. The summed E-state index contributed by atoms with van der Waals surface area (Å²) in [7, 11) is -3.39. The van der Waals surface area contributed by atoms with Crippen LogP contribution in [0.4, 0.5) is 5.69 Å². The van der Waals surface area contributed by atoms with E-state index in [9.17, 15) is 18.0 Å². The van der Waals surface area contributed by atoms with E-state index in [2.05, 4.69) is 5.32 Å². The van der Waals surface area contributed by atoms with E-state index < -0.39 is 27.7 Å². The van der Waals surface area contributed by atoms with Crippen molar-refractivity contribution in [1.82, 2.24) is 4.90 Å². The molecule has 102 valence electrons. The van der Waals surface area contributed by atoms with Gasteiger partial charge in [0.05, 0.1) is 5.75 Å². The molecule has 1 saturated heterocycles. The van der Waals surface area contributed by atoms with Crippen molar-refractivity contribution >= 4 is 39.4 Å². The molecule has 1 unspecified atom stereocenters. The predicted molar refractivity (Wildman–Crippen MR) is 70.4 cm³/mol. The molecular weight excluding hydrogens is 292 g/mol. The van der Waals surface area contributed by atoms with E-state index in [-0.39, 0.29) is 5.75 Å². The molecular formula is C11H11ClN2O4S. The van der Waals surface area contributed by atoms with Gasteiger partial charge in [0, 0.05) is 10.7 Å². The van der Waals surface area contributed by atoms with Gasteiger partial charge in [0.15, 0.2) is 9.84 Å². The van der Waals surface area contributed by atoms with Crippen LogP contribution in [0.25, 0.3) is 0 Å². The zero-order valence-electron chi connectivity index (χ0n) is 9.74. The van der Waals surface area contributed by atoms with Gasteiger partial charge in [-0.3, -0.25) is 9.59 Å². The summed E-state index contributed by atoms with van der Waals surface area (Å²) >= 11 is 5.71. The lowest BCUT2D eigenvalue weighted by Gasteiger charge is -2.17. The highest BCUT2D eigenvalue weighted by Gasteiger charge is 2.39. The quantitative estimate of drug-likeness (QED) is 0.824. The number of hydrogen-bond donors (Lipinski definition) is 1. The Labute approximate surface area is 115 Å². The summed E-state index contributed by atoms with van der Waals surface area (Å²) in [6, 6.07) is 5.39. The molecule has 0 spiro atoms. The maximum atomic E-state index is 11.9. The van der Waals surface area contributed by atoms with Crippen LogP contribution in [0.3, 0.4) is 0 Å². The Morgan fingerprint density at radius 2 is 2.00 bits per heavy atom. The number of nitrogens with one attached hydrogen (secondary N) is 1. The molecule has 1 aromatic carbocycles. The Balaban J connectivity index is 2.11. The number of halogens is 1. The van der Waals surface area contributed by atoms with Gasteiger partial charge in [0.1, 0.15) is 11.9 Å². The number of benzene rings is 1. The Kier molecular flexibility index (Phi) is 3.77. The second-order valence-electron chi connectivity index (χ2n) is 4.17. The summed E-state index contributed by atoms with van der Waals surface area (Å²) in [5.74, 6) is -1.31. The number of anilines is 1. The van der Waals surface area contributed by atoms with Crippen LogP contribution in [0.5, 0.6) is 0 Å². The largest absolute Gasteiger partial charge is 0.324 e. The van der Waals surface area contributed by atoms with E-state index in [0.717, 1.165) is 4.90 Å². The second-order valence-corrected chi connectivity index (χ2v) is 6.69. The van der Waals surface area contributed by atoms with Gasteiger partial charge in [0.2, 0.25) is 12.3 Å². The number of carbonyl (C=O) groups is 2. The van der Waals surface area contributed by atoms with E-state index in [1.807, 2.05) is 0 Å². The van der Waals surface area contributed by atoms with Gasteiger partial charge in [-0.1, -0.05) is 11.6 Å². The van der Waals surface area contributed by atoms with Crippen molar-refractivity contribution in [3.8, 4) is 0 Å². The highest BCUT2D eigenvalue weighted by molar-refractivity contribution is 7.91. The van der Waals surface area contributed by atoms with Crippen LogP contribution in [0, 0.1) is 0 Å². The zero-order valence-corrected chi connectivity index (χ0v) is 11.3. The molecule has 6 nitrogen and oxygen atoms in total. The molecule has 0 aliphatic carbocycles. The van der Waals surface area contributed by atoms with Crippen LogP contribution in [0.1, 0.15) is 0 Å². The maximum absolute atomic E-state index is 11.9. The van der Waals surface area contributed by atoms with E-state index in [1.165, 1.54) is 0 Å². The van der Waals surface area contributed by atoms with Gasteiger partial charge in [-0.25, -0.2) is 8.42 Å². The third-order valence-corrected chi connectivity index (χ3v) is 4.47. The Morgan fingerprint density at radius 3 is 2.58 bits per heavy atom. The molecule has 1 aromatic rings. The van der Waals surface area contributed by atoms with E-state index in [4.69, 9.17) is 11.6 Å². The van der Waals surface area contributed by atoms with Crippen LogP contribution in [-0.4, -0.2) is 43.3 Å². The predicted octanol–water partition coefficient (Wildman–Crippen LogP) is 0.491. The summed E-state index contributed by atoms with van der Waals surface area (Å²) in [6.07, 6.45) is 0.372.